The summed E-state index contributed by atoms with van der Waals surface area (Å²) in [6.45, 7) is 1.89. The van der Waals surface area contributed by atoms with Crippen molar-refractivity contribution in [1.29, 1.82) is 5.26 Å². The van der Waals surface area contributed by atoms with Gasteiger partial charge in [0.25, 0.3) is 5.91 Å². The molecule has 2 heterocycles. The van der Waals surface area contributed by atoms with Gasteiger partial charge in [-0.3, -0.25) is 4.79 Å². The van der Waals surface area contributed by atoms with Gasteiger partial charge in [0.05, 0.1) is 19.5 Å². The number of carbonyl (C=O) groups excluding carboxylic acids is 2. The lowest BCUT2D eigenvalue weighted by Crippen LogP contribution is -2.41. The van der Waals surface area contributed by atoms with Gasteiger partial charge in [-0.2, -0.15) is 5.26 Å². The molecule has 0 unspecified atom stereocenters. The number of rotatable bonds is 4. The van der Waals surface area contributed by atoms with Crippen LogP contribution in [0.5, 0.6) is 5.75 Å². The van der Waals surface area contributed by atoms with Gasteiger partial charge >= 0.3 is 5.97 Å². The van der Waals surface area contributed by atoms with E-state index in [0.717, 1.165) is 0 Å². The largest absolute Gasteiger partial charge is 0.457 e. The Balaban J connectivity index is 1.68. The fourth-order valence-electron chi connectivity index (χ4n) is 2.43. The third kappa shape index (κ3) is 4.18. The van der Waals surface area contributed by atoms with Crippen LogP contribution >= 0.6 is 0 Å². The Morgan fingerprint density at radius 2 is 1.88 bits per heavy atom. The number of morpholine rings is 1. The molecule has 1 amide bonds. The van der Waals surface area contributed by atoms with Gasteiger partial charge in [-0.15, -0.1) is 0 Å². The van der Waals surface area contributed by atoms with Gasteiger partial charge < -0.3 is 18.8 Å². The first-order chi connectivity index (χ1) is 12.7. The molecule has 0 spiro atoms. The highest BCUT2D eigenvalue weighted by Gasteiger charge is 2.20. The molecule has 1 aliphatic heterocycles. The number of amides is 1. The first kappa shape index (κ1) is 17.5. The van der Waals surface area contributed by atoms with E-state index in [-0.39, 0.29) is 17.2 Å². The summed E-state index contributed by atoms with van der Waals surface area (Å²) in [5.41, 5.74) is 0.702. The van der Waals surface area contributed by atoms with Crippen LogP contribution in [-0.2, 0) is 9.53 Å². The van der Waals surface area contributed by atoms with Gasteiger partial charge in [0.2, 0.25) is 5.76 Å². The summed E-state index contributed by atoms with van der Waals surface area (Å²) in [5, 5.41) is 9.29. The van der Waals surface area contributed by atoms with Crippen LogP contribution in [0.25, 0.3) is 6.08 Å². The van der Waals surface area contributed by atoms with Crippen molar-refractivity contribution in [2.45, 2.75) is 0 Å². The molecular weight excluding hydrogens is 336 g/mol. The second kappa shape index (κ2) is 8.14. The lowest BCUT2D eigenvalue weighted by Gasteiger charge is -2.26. The van der Waals surface area contributed by atoms with E-state index < -0.39 is 5.97 Å². The molecule has 26 heavy (non-hydrogen) atoms. The first-order valence-electron chi connectivity index (χ1n) is 8.02. The van der Waals surface area contributed by atoms with Gasteiger partial charge in [0.1, 0.15) is 17.4 Å². The monoisotopic (exact) mass is 352 g/mol. The van der Waals surface area contributed by atoms with Crippen molar-refractivity contribution in [3.63, 3.8) is 0 Å². The van der Waals surface area contributed by atoms with Gasteiger partial charge in [0.15, 0.2) is 0 Å². The van der Waals surface area contributed by atoms with Crippen LogP contribution in [0.4, 0.5) is 0 Å². The van der Waals surface area contributed by atoms with E-state index in [4.69, 9.17) is 13.9 Å². The van der Waals surface area contributed by atoms with E-state index in [1.54, 1.807) is 35.2 Å². The van der Waals surface area contributed by atoms with Crippen LogP contribution in [0.1, 0.15) is 16.1 Å². The smallest absolute Gasteiger partial charge is 0.379 e. The maximum absolute atomic E-state index is 12.4. The molecule has 1 aromatic heterocycles. The normalized spacial score (nSPS) is 14.6. The molecule has 1 fully saturated rings. The predicted molar refractivity (Wildman–Crippen MR) is 91.1 cm³/mol. The molecule has 3 rings (SSSR count). The van der Waals surface area contributed by atoms with E-state index in [0.29, 0.717) is 37.6 Å². The Hall–Kier alpha value is -3.37. The number of nitriles is 1. The molecule has 7 heteroatoms. The summed E-state index contributed by atoms with van der Waals surface area (Å²) in [6.07, 6.45) is 2.90. The van der Waals surface area contributed by atoms with E-state index in [1.165, 1.54) is 18.4 Å². The van der Waals surface area contributed by atoms with Gasteiger partial charge in [-0.25, -0.2) is 4.79 Å². The zero-order valence-corrected chi connectivity index (χ0v) is 13.9. The van der Waals surface area contributed by atoms with Crippen molar-refractivity contribution in [1.82, 2.24) is 4.90 Å². The van der Waals surface area contributed by atoms with Gasteiger partial charge in [-0.1, -0.05) is 12.1 Å². The third-order valence-corrected chi connectivity index (χ3v) is 3.77. The zero-order valence-electron chi connectivity index (χ0n) is 13.9. The van der Waals surface area contributed by atoms with Gasteiger partial charge in [-0.05, 0) is 35.9 Å². The maximum atomic E-state index is 12.4. The molecule has 1 saturated heterocycles. The molecule has 132 valence electrons. The van der Waals surface area contributed by atoms with Crippen LogP contribution < -0.4 is 4.74 Å². The molecule has 0 N–H and O–H groups in total. The number of ether oxygens (including phenoxy) is 2. The molecule has 0 aliphatic carbocycles. The Labute approximate surface area is 150 Å². The molecule has 1 aliphatic rings. The van der Waals surface area contributed by atoms with Crippen LogP contribution in [0.3, 0.4) is 0 Å². The minimum Gasteiger partial charge on any atom is -0.457 e. The van der Waals surface area contributed by atoms with Crippen LogP contribution in [-0.4, -0.2) is 43.1 Å². The zero-order chi connectivity index (χ0) is 18.4. The fraction of sp³-hybridized carbons (Fsp3) is 0.211. The summed E-state index contributed by atoms with van der Waals surface area (Å²) < 4.78 is 15.4. The molecule has 2 aromatic rings. The van der Waals surface area contributed by atoms with Crippen molar-refractivity contribution in [3.05, 3.63) is 59.6 Å². The van der Waals surface area contributed by atoms with Crippen LogP contribution in [0, 0.1) is 11.3 Å². The molecule has 0 saturated carbocycles. The number of hydrogen-bond acceptors (Lipinski definition) is 6. The second-order valence-electron chi connectivity index (χ2n) is 5.51. The molecule has 0 radical (unpaired) electrons. The minimum atomic E-state index is -0.599. The molecule has 0 atom stereocenters. The second-order valence-corrected chi connectivity index (χ2v) is 5.51. The Bertz CT molecular complexity index is 841. The van der Waals surface area contributed by atoms with Crippen molar-refractivity contribution >= 4 is 18.0 Å². The van der Waals surface area contributed by atoms with Gasteiger partial charge in [0, 0.05) is 13.1 Å². The summed E-state index contributed by atoms with van der Waals surface area (Å²) in [5.74, 6) is -0.471. The molecule has 1 aromatic carbocycles. The third-order valence-electron chi connectivity index (χ3n) is 3.77. The number of nitrogens with zero attached hydrogens (tertiary/aromatic N) is 2. The summed E-state index contributed by atoms with van der Waals surface area (Å²) >= 11 is 0. The van der Waals surface area contributed by atoms with Crippen molar-refractivity contribution in [3.8, 4) is 11.8 Å². The SMILES string of the molecule is N#C/C(=C\c1ccc(OC(=O)c2ccco2)cc1)C(=O)N1CCOCC1. The highest BCUT2D eigenvalue weighted by atomic mass is 16.5. The number of esters is 1. The fourth-order valence-corrected chi connectivity index (χ4v) is 2.43. The van der Waals surface area contributed by atoms with Crippen molar-refractivity contribution < 1.29 is 23.5 Å². The number of furan rings is 1. The molecule has 7 nitrogen and oxygen atoms in total. The summed E-state index contributed by atoms with van der Waals surface area (Å²) in [4.78, 5) is 25.8. The average Bonchev–Trinajstić information content (AvgIpc) is 3.22. The van der Waals surface area contributed by atoms with E-state index in [9.17, 15) is 14.9 Å². The lowest BCUT2D eigenvalue weighted by atomic mass is 10.1. The Morgan fingerprint density at radius 3 is 2.50 bits per heavy atom. The highest BCUT2D eigenvalue weighted by molar-refractivity contribution is 6.01. The van der Waals surface area contributed by atoms with E-state index in [1.807, 2.05) is 6.07 Å². The summed E-state index contributed by atoms with van der Waals surface area (Å²) in [6, 6.07) is 11.5. The van der Waals surface area contributed by atoms with E-state index in [2.05, 4.69) is 0 Å². The quantitative estimate of drug-likeness (QED) is 0.363. The Kier molecular flexibility index (Phi) is 5.46. The minimum absolute atomic E-state index is 0.0484. The topological polar surface area (TPSA) is 92.8 Å². The average molecular weight is 352 g/mol. The standard InChI is InChI=1S/C19H16N2O5/c20-13-15(18(22)21-7-10-24-11-8-21)12-14-3-5-16(6-4-14)26-19(23)17-2-1-9-25-17/h1-6,9,12H,7-8,10-11H2/b15-12+. The van der Waals surface area contributed by atoms with E-state index >= 15 is 0 Å². The maximum Gasteiger partial charge on any atom is 0.379 e. The lowest BCUT2D eigenvalue weighted by molar-refractivity contribution is -0.130. The number of hydrogen-bond donors (Lipinski definition) is 0. The van der Waals surface area contributed by atoms with Crippen molar-refractivity contribution in [2.24, 2.45) is 0 Å². The van der Waals surface area contributed by atoms with Crippen LogP contribution in [0.15, 0.2) is 52.7 Å². The Morgan fingerprint density at radius 1 is 1.15 bits per heavy atom. The van der Waals surface area contributed by atoms with Crippen LogP contribution in [0.2, 0.25) is 0 Å². The summed E-state index contributed by atoms with van der Waals surface area (Å²) in [7, 11) is 0. The highest BCUT2D eigenvalue weighted by Crippen LogP contribution is 2.17. The number of benzene rings is 1. The van der Waals surface area contributed by atoms with Crippen molar-refractivity contribution in [2.75, 3.05) is 26.3 Å². The molecular formula is C19H16N2O5. The molecule has 0 bridgehead atoms. The number of carbonyl (C=O) groups is 2. The first-order valence-corrected chi connectivity index (χ1v) is 8.02. The predicted octanol–water partition coefficient (Wildman–Crippen LogP) is 2.26.